The van der Waals surface area contributed by atoms with Crippen LogP contribution >= 0.6 is 0 Å². The minimum absolute atomic E-state index is 0.0880. The van der Waals surface area contributed by atoms with Crippen molar-refractivity contribution in [2.45, 2.75) is 52.5 Å². The number of nitrogens with two attached hydrogens (primary N) is 1. The molecule has 1 aliphatic rings. The van der Waals surface area contributed by atoms with Gasteiger partial charge >= 0.3 is 11.7 Å². The Morgan fingerprint density at radius 2 is 1.94 bits per heavy atom. The predicted molar refractivity (Wildman–Crippen MR) is 129 cm³/mol. The molecule has 2 aromatic heterocycles. The number of hydrogen-bond donors (Lipinski definition) is 2. The molecule has 0 aromatic carbocycles. The minimum atomic E-state index is -0.755. The first-order valence-corrected chi connectivity index (χ1v) is 11.7. The summed E-state index contributed by atoms with van der Waals surface area (Å²) >= 11 is 0. The number of ether oxygens (including phenoxy) is 1. The van der Waals surface area contributed by atoms with Crippen molar-refractivity contribution in [1.29, 1.82) is 0 Å². The number of amides is 1. The fourth-order valence-electron chi connectivity index (χ4n) is 3.98. The number of carbonyl (C=O) groups excluding carboxylic acids is 2. The maximum Gasteiger partial charge on any atom is 0.342 e. The third kappa shape index (κ3) is 5.46. The van der Waals surface area contributed by atoms with Gasteiger partial charge in [-0.05, 0) is 37.8 Å². The fourth-order valence-corrected chi connectivity index (χ4v) is 3.98. The summed E-state index contributed by atoms with van der Waals surface area (Å²) in [6.45, 7) is 5.31. The second-order valence-electron chi connectivity index (χ2n) is 8.19. The van der Waals surface area contributed by atoms with E-state index in [1.165, 1.54) is 9.47 Å². The van der Waals surface area contributed by atoms with Crippen molar-refractivity contribution in [3.8, 4) is 0 Å². The lowest BCUT2D eigenvalue weighted by Crippen LogP contribution is -2.43. The zero-order valence-corrected chi connectivity index (χ0v) is 19.7. The second kappa shape index (κ2) is 11.5. The molecule has 1 aliphatic heterocycles. The second-order valence-corrected chi connectivity index (χ2v) is 8.19. The van der Waals surface area contributed by atoms with Gasteiger partial charge in [0, 0.05) is 32.4 Å². The number of unbranched alkanes of at least 4 members (excludes halogenated alkanes) is 1. The van der Waals surface area contributed by atoms with Crippen LogP contribution in [0.15, 0.2) is 27.9 Å². The molecule has 34 heavy (non-hydrogen) atoms. The third-order valence-corrected chi connectivity index (χ3v) is 5.71. The normalized spacial score (nSPS) is 13.2. The molecule has 0 atom stereocenters. The molecule has 3 N–H and O–H groups in total. The van der Waals surface area contributed by atoms with Crippen molar-refractivity contribution in [1.82, 2.24) is 14.5 Å². The van der Waals surface area contributed by atoms with Crippen LogP contribution in [0.3, 0.4) is 0 Å². The van der Waals surface area contributed by atoms with Crippen molar-refractivity contribution in [3.63, 3.8) is 0 Å². The van der Waals surface area contributed by atoms with Gasteiger partial charge in [-0.2, -0.15) is 0 Å². The summed E-state index contributed by atoms with van der Waals surface area (Å²) in [7, 11) is 0. The summed E-state index contributed by atoms with van der Waals surface area (Å²) in [5, 5.41) is 0. The first kappa shape index (κ1) is 25.0. The van der Waals surface area contributed by atoms with Gasteiger partial charge in [0.05, 0.1) is 0 Å². The zero-order valence-electron chi connectivity index (χ0n) is 19.7. The molecule has 11 heteroatoms. The minimum Gasteiger partial charge on any atom is -0.452 e. The van der Waals surface area contributed by atoms with Crippen molar-refractivity contribution in [2.75, 3.05) is 41.8 Å². The summed E-state index contributed by atoms with van der Waals surface area (Å²) in [5.41, 5.74) is 4.93. The van der Waals surface area contributed by atoms with E-state index >= 15 is 0 Å². The van der Waals surface area contributed by atoms with Crippen LogP contribution < -0.4 is 26.8 Å². The van der Waals surface area contributed by atoms with Gasteiger partial charge in [0.25, 0.3) is 11.5 Å². The summed E-state index contributed by atoms with van der Waals surface area (Å²) in [6, 6.07) is 3.26. The van der Waals surface area contributed by atoms with Crippen molar-refractivity contribution >= 4 is 29.2 Å². The largest absolute Gasteiger partial charge is 0.452 e. The van der Waals surface area contributed by atoms with E-state index in [0.717, 1.165) is 32.4 Å². The fraction of sp³-hybridized carbons (Fsp3) is 0.522. The van der Waals surface area contributed by atoms with Crippen molar-refractivity contribution in [3.05, 3.63) is 44.7 Å². The number of nitrogens with one attached hydrogen (secondary N) is 1. The van der Waals surface area contributed by atoms with E-state index in [1.54, 1.807) is 18.3 Å². The van der Waals surface area contributed by atoms with Gasteiger partial charge in [-0.1, -0.05) is 20.3 Å². The Bertz CT molecular complexity index is 1140. The van der Waals surface area contributed by atoms with E-state index in [9.17, 15) is 19.2 Å². The van der Waals surface area contributed by atoms with Crippen molar-refractivity contribution in [2.24, 2.45) is 0 Å². The average Bonchev–Trinajstić information content (AvgIpc) is 3.37. The Balaban J connectivity index is 1.83. The summed E-state index contributed by atoms with van der Waals surface area (Å²) < 4.78 is 6.56. The zero-order chi connectivity index (χ0) is 24.7. The van der Waals surface area contributed by atoms with E-state index in [2.05, 4.69) is 9.97 Å². The van der Waals surface area contributed by atoms with E-state index in [4.69, 9.17) is 10.5 Å². The maximum atomic E-state index is 13.1. The van der Waals surface area contributed by atoms with Crippen LogP contribution in [0.2, 0.25) is 0 Å². The number of esters is 1. The van der Waals surface area contributed by atoms with Crippen LogP contribution in [0.25, 0.3) is 0 Å². The van der Waals surface area contributed by atoms with Gasteiger partial charge in [-0.3, -0.25) is 19.1 Å². The molecule has 0 aliphatic carbocycles. The molecule has 0 radical (unpaired) electrons. The molecule has 0 bridgehead atoms. The number of aromatic amines is 1. The van der Waals surface area contributed by atoms with Gasteiger partial charge in [-0.15, -0.1) is 0 Å². The van der Waals surface area contributed by atoms with Crippen LogP contribution in [0, 0.1) is 0 Å². The standard InChI is InChI=1S/C23H32N6O5/c1-3-5-14-28(18-19(24)29(11-4-2)23(33)26-21(18)31)17(30)15-34-22(32)16-9-8-10-25-20(16)27-12-6-7-13-27/h8-10H,3-7,11-15,24H2,1-2H3,(H,26,31,33). The third-order valence-electron chi connectivity index (χ3n) is 5.71. The van der Waals surface area contributed by atoms with Crippen LogP contribution in [0.4, 0.5) is 17.3 Å². The topological polar surface area (TPSA) is 144 Å². The maximum absolute atomic E-state index is 13.1. The molecule has 184 valence electrons. The van der Waals surface area contributed by atoms with E-state index in [-0.39, 0.29) is 23.6 Å². The first-order valence-electron chi connectivity index (χ1n) is 11.7. The van der Waals surface area contributed by atoms with Gasteiger partial charge in [0.2, 0.25) is 0 Å². The molecule has 1 fully saturated rings. The highest BCUT2D eigenvalue weighted by molar-refractivity contribution is 6.00. The Morgan fingerprint density at radius 3 is 2.62 bits per heavy atom. The monoisotopic (exact) mass is 472 g/mol. The molecule has 3 heterocycles. The predicted octanol–water partition coefficient (Wildman–Crippen LogP) is 1.51. The number of H-pyrrole nitrogens is 1. The van der Waals surface area contributed by atoms with Crippen LogP contribution in [-0.2, 0) is 16.1 Å². The van der Waals surface area contributed by atoms with E-state index in [0.29, 0.717) is 25.2 Å². The number of aromatic nitrogens is 3. The van der Waals surface area contributed by atoms with E-state index in [1.807, 2.05) is 18.7 Å². The SMILES string of the molecule is CCCCN(C(=O)COC(=O)c1cccnc1N1CCCC1)c1c(N)n(CCC)c(=O)[nH]c1=O. The molecular formula is C23H32N6O5. The van der Waals surface area contributed by atoms with Crippen molar-refractivity contribution < 1.29 is 14.3 Å². The lowest BCUT2D eigenvalue weighted by molar-refractivity contribution is -0.121. The number of carbonyl (C=O) groups is 2. The number of hydrogen-bond acceptors (Lipinski definition) is 8. The molecule has 0 saturated carbocycles. The average molecular weight is 473 g/mol. The molecule has 0 unspecified atom stereocenters. The number of rotatable bonds is 10. The Labute approximate surface area is 197 Å². The first-order chi connectivity index (χ1) is 16.4. The van der Waals surface area contributed by atoms with Crippen LogP contribution in [0.5, 0.6) is 0 Å². The number of nitrogen functional groups attached to an aromatic ring is 1. The summed E-state index contributed by atoms with van der Waals surface area (Å²) in [6.07, 6.45) is 5.61. The Morgan fingerprint density at radius 1 is 1.21 bits per heavy atom. The van der Waals surface area contributed by atoms with Crippen LogP contribution in [0.1, 0.15) is 56.3 Å². The summed E-state index contributed by atoms with van der Waals surface area (Å²) in [4.78, 5) is 60.5. The number of nitrogens with zero attached hydrogens (tertiary/aromatic N) is 4. The summed E-state index contributed by atoms with van der Waals surface area (Å²) in [5.74, 6) is -0.827. The molecule has 2 aromatic rings. The number of anilines is 3. The quantitative estimate of drug-likeness (QED) is 0.495. The molecular weight excluding hydrogens is 440 g/mol. The van der Waals surface area contributed by atoms with E-state index < -0.39 is 29.7 Å². The smallest absolute Gasteiger partial charge is 0.342 e. The lowest BCUT2D eigenvalue weighted by atomic mass is 10.2. The van der Waals surface area contributed by atoms with Crippen LogP contribution in [-0.4, -0.2) is 52.7 Å². The molecule has 11 nitrogen and oxygen atoms in total. The lowest BCUT2D eigenvalue weighted by Gasteiger charge is -2.24. The van der Waals surface area contributed by atoms with Gasteiger partial charge in [0.15, 0.2) is 12.3 Å². The molecule has 3 rings (SSSR count). The number of pyridine rings is 1. The van der Waals surface area contributed by atoms with Gasteiger partial charge in [-0.25, -0.2) is 14.6 Å². The van der Waals surface area contributed by atoms with Gasteiger partial charge in [0.1, 0.15) is 17.2 Å². The highest BCUT2D eigenvalue weighted by atomic mass is 16.5. The molecule has 0 spiro atoms. The highest BCUT2D eigenvalue weighted by Crippen LogP contribution is 2.23. The van der Waals surface area contributed by atoms with Gasteiger partial charge < -0.3 is 20.3 Å². The Hall–Kier alpha value is -3.63. The molecule has 1 amide bonds. The Kier molecular flexibility index (Phi) is 8.44. The highest BCUT2D eigenvalue weighted by Gasteiger charge is 2.26. The molecule has 1 saturated heterocycles.